The highest BCUT2D eigenvalue weighted by Crippen LogP contribution is 2.39. The smallest absolute Gasteiger partial charge is 0.335 e. The lowest BCUT2D eigenvalue weighted by molar-refractivity contribution is -0.121. The number of carbonyl (C=O) groups is 2. The van der Waals surface area contributed by atoms with Gasteiger partial charge in [0.25, 0.3) is 5.91 Å². The number of thiocarbonyl (C=S) groups is 1. The third-order valence-corrected chi connectivity index (χ3v) is 6.37. The van der Waals surface area contributed by atoms with Crippen LogP contribution in [0, 0.1) is 0 Å². The number of halogens is 1. The molecule has 31 heavy (non-hydrogen) atoms. The normalized spacial score (nSPS) is 14.9. The van der Waals surface area contributed by atoms with Gasteiger partial charge in [0.2, 0.25) is 0 Å². The maximum atomic E-state index is 12.5. The summed E-state index contributed by atoms with van der Waals surface area (Å²) in [5, 5.41) is 9.01. The van der Waals surface area contributed by atoms with E-state index in [4.69, 9.17) is 26.8 Å². The first kappa shape index (κ1) is 23.3. The lowest BCUT2D eigenvalue weighted by atomic mass is 10.1. The first-order chi connectivity index (χ1) is 14.8. The van der Waals surface area contributed by atoms with Crippen LogP contribution in [-0.4, -0.2) is 39.4 Å². The molecular formula is C22H20BrNO5S2. The number of hydrogen-bond donors (Lipinski definition) is 1. The van der Waals surface area contributed by atoms with Crippen LogP contribution in [0.2, 0.25) is 0 Å². The highest BCUT2D eigenvalue weighted by molar-refractivity contribution is 9.10. The van der Waals surface area contributed by atoms with Gasteiger partial charge >= 0.3 is 5.97 Å². The summed E-state index contributed by atoms with van der Waals surface area (Å²) in [6.45, 7) is 4.99. The molecule has 2 aromatic carbocycles. The van der Waals surface area contributed by atoms with Gasteiger partial charge in [-0.25, -0.2) is 4.79 Å². The van der Waals surface area contributed by atoms with Crippen molar-refractivity contribution < 1.29 is 24.2 Å². The Labute approximate surface area is 198 Å². The third-order valence-electron chi connectivity index (χ3n) is 4.40. The van der Waals surface area contributed by atoms with Gasteiger partial charge in [0.05, 0.1) is 21.5 Å². The van der Waals surface area contributed by atoms with E-state index in [1.807, 2.05) is 26.0 Å². The van der Waals surface area contributed by atoms with Crippen LogP contribution < -0.4 is 9.47 Å². The van der Waals surface area contributed by atoms with Gasteiger partial charge in [0, 0.05) is 6.54 Å². The maximum absolute atomic E-state index is 12.5. The number of carbonyl (C=O) groups excluding carboxylic acids is 1. The van der Waals surface area contributed by atoms with Crippen LogP contribution in [0.1, 0.15) is 35.3 Å². The van der Waals surface area contributed by atoms with Crippen molar-refractivity contribution in [2.45, 2.75) is 20.5 Å². The van der Waals surface area contributed by atoms with Gasteiger partial charge in [0.15, 0.2) is 11.5 Å². The second-order valence-electron chi connectivity index (χ2n) is 6.48. The zero-order valence-corrected chi connectivity index (χ0v) is 20.1. The van der Waals surface area contributed by atoms with Gasteiger partial charge in [-0.15, -0.1) is 0 Å². The van der Waals surface area contributed by atoms with Gasteiger partial charge in [0.1, 0.15) is 10.9 Å². The summed E-state index contributed by atoms with van der Waals surface area (Å²) in [7, 11) is 0. The maximum Gasteiger partial charge on any atom is 0.335 e. The predicted molar refractivity (Wildman–Crippen MR) is 129 cm³/mol. The monoisotopic (exact) mass is 521 g/mol. The third kappa shape index (κ3) is 5.47. The van der Waals surface area contributed by atoms with Crippen molar-refractivity contribution in [2.24, 2.45) is 0 Å². The van der Waals surface area contributed by atoms with E-state index in [2.05, 4.69) is 15.9 Å². The van der Waals surface area contributed by atoms with E-state index in [-0.39, 0.29) is 18.1 Å². The van der Waals surface area contributed by atoms with Gasteiger partial charge in [-0.2, -0.15) is 0 Å². The van der Waals surface area contributed by atoms with Gasteiger partial charge < -0.3 is 14.6 Å². The van der Waals surface area contributed by atoms with Gasteiger partial charge in [-0.3, -0.25) is 9.69 Å². The first-order valence-corrected chi connectivity index (χ1v) is 11.5. The number of aromatic carboxylic acids is 1. The molecule has 0 saturated carbocycles. The Hall–Kier alpha value is -2.36. The van der Waals surface area contributed by atoms with Gasteiger partial charge in [-0.05, 0) is 71.2 Å². The fourth-order valence-corrected chi connectivity index (χ4v) is 4.86. The second-order valence-corrected chi connectivity index (χ2v) is 9.01. The lowest BCUT2D eigenvalue weighted by Crippen LogP contribution is -2.27. The van der Waals surface area contributed by atoms with Crippen molar-refractivity contribution >= 4 is 62.2 Å². The molecular weight excluding hydrogens is 502 g/mol. The molecule has 1 aliphatic rings. The molecule has 0 radical (unpaired) electrons. The zero-order chi connectivity index (χ0) is 22.5. The Bertz CT molecular complexity index is 1050. The van der Waals surface area contributed by atoms with E-state index in [0.717, 1.165) is 11.1 Å². The van der Waals surface area contributed by atoms with E-state index in [1.54, 1.807) is 23.1 Å². The highest BCUT2D eigenvalue weighted by atomic mass is 79.9. The molecule has 0 aromatic heterocycles. The molecule has 1 N–H and O–H groups in total. The molecule has 1 heterocycles. The fraction of sp³-hybridized carbons (Fsp3) is 0.227. The van der Waals surface area contributed by atoms with Crippen molar-refractivity contribution in [3.8, 4) is 11.5 Å². The Morgan fingerprint density at radius 3 is 2.52 bits per heavy atom. The Morgan fingerprint density at radius 2 is 1.94 bits per heavy atom. The first-order valence-electron chi connectivity index (χ1n) is 9.50. The minimum atomic E-state index is -0.972. The average molecular weight is 522 g/mol. The van der Waals surface area contributed by atoms with Crippen LogP contribution >= 0.6 is 39.9 Å². The van der Waals surface area contributed by atoms with Crippen molar-refractivity contribution in [3.63, 3.8) is 0 Å². The predicted octanol–water partition coefficient (Wildman–Crippen LogP) is 5.35. The minimum Gasteiger partial charge on any atom is -0.490 e. The second kappa shape index (κ2) is 10.3. The molecule has 6 nitrogen and oxygen atoms in total. The molecule has 162 valence electrons. The van der Waals surface area contributed by atoms with Crippen LogP contribution in [-0.2, 0) is 11.4 Å². The number of thioether (sulfide) groups is 1. The summed E-state index contributed by atoms with van der Waals surface area (Å²) in [5.74, 6) is -0.00401. The number of nitrogens with zero attached hydrogens (tertiary/aromatic N) is 1. The molecule has 0 aliphatic carbocycles. The summed E-state index contributed by atoms with van der Waals surface area (Å²) in [5.41, 5.74) is 1.83. The average Bonchev–Trinajstić information content (AvgIpc) is 3.00. The van der Waals surface area contributed by atoms with Gasteiger partial charge in [-0.1, -0.05) is 36.1 Å². The Morgan fingerprint density at radius 1 is 1.23 bits per heavy atom. The quantitative estimate of drug-likeness (QED) is 0.370. The molecule has 1 amide bonds. The van der Waals surface area contributed by atoms with Crippen LogP contribution in [0.25, 0.3) is 6.08 Å². The van der Waals surface area contributed by atoms with Crippen molar-refractivity contribution in [3.05, 3.63) is 62.5 Å². The van der Waals surface area contributed by atoms with E-state index >= 15 is 0 Å². The molecule has 1 aliphatic heterocycles. The number of amides is 1. The topological polar surface area (TPSA) is 76.1 Å². The molecule has 3 rings (SSSR count). The Kier molecular flexibility index (Phi) is 7.74. The SMILES string of the molecule is CCOc1cc(/C=C2\SC(=S)N(CC)C2=O)cc(Br)c1OCc1ccc(C(=O)O)cc1. The van der Waals surface area contributed by atoms with E-state index in [1.165, 1.54) is 23.9 Å². The molecule has 0 bridgehead atoms. The summed E-state index contributed by atoms with van der Waals surface area (Å²) < 4.78 is 13.0. The van der Waals surface area contributed by atoms with Crippen molar-refractivity contribution in [2.75, 3.05) is 13.2 Å². The largest absolute Gasteiger partial charge is 0.490 e. The van der Waals surface area contributed by atoms with E-state index < -0.39 is 5.97 Å². The van der Waals surface area contributed by atoms with Crippen LogP contribution in [0.15, 0.2) is 45.8 Å². The summed E-state index contributed by atoms with van der Waals surface area (Å²) >= 11 is 10.1. The van der Waals surface area contributed by atoms with Crippen molar-refractivity contribution in [1.82, 2.24) is 4.90 Å². The van der Waals surface area contributed by atoms with Crippen LogP contribution in [0.4, 0.5) is 0 Å². The van der Waals surface area contributed by atoms with Crippen molar-refractivity contribution in [1.29, 1.82) is 0 Å². The number of likely N-dealkylation sites (N-methyl/N-ethyl adjacent to an activating group) is 1. The van der Waals surface area contributed by atoms with Crippen LogP contribution in [0.5, 0.6) is 11.5 Å². The number of carboxylic acids is 1. The van der Waals surface area contributed by atoms with E-state index in [9.17, 15) is 9.59 Å². The summed E-state index contributed by atoms with van der Waals surface area (Å²) in [6.07, 6.45) is 1.79. The van der Waals surface area contributed by atoms with E-state index in [0.29, 0.717) is 38.3 Å². The Balaban J connectivity index is 1.83. The molecule has 0 atom stereocenters. The highest BCUT2D eigenvalue weighted by Gasteiger charge is 2.30. The molecule has 0 unspecified atom stereocenters. The molecule has 1 fully saturated rings. The fourth-order valence-electron chi connectivity index (χ4n) is 2.90. The summed E-state index contributed by atoms with van der Waals surface area (Å²) in [4.78, 5) is 25.6. The number of carboxylic acid groups (broad SMARTS) is 1. The number of rotatable bonds is 8. The number of hydrogen-bond acceptors (Lipinski definition) is 6. The molecule has 2 aromatic rings. The standard InChI is InChI=1S/C22H20BrNO5S2/c1-3-24-20(25)18(31-22(24)30)11-14-9-16(23)19(17(10-14)28-4-2)29-12-13-5-7-15(8-6-13)21(26)27/h5-11H,3-4,12H2,1-2H3,(H,26,27)/b18-11-. The lowest BCUT2D eigenvalue weighted by Gasteiger charge is -2.15. The molecule has 9 heteroatoms. The zero-order valence-electron chi connectivity index (χ0n) is 16.9. The number of benzene rings is 2. The van der Waals surface area contributed by atoms with Crippen LogP contribution in [0.3, 0.4) is 0 Å². The molecule has 1 saturated heterocycles. The molecule has 0 spiro atoms. The summed E-state index contributed by atoms with van der Waals surface area (Å²) in [6, 6.07) is 10.2. The minimum absolute atomic E-state index is 0.100. The number of ether oxygens (including phenoxy) is 2.